The van der Waals surface area contributed by atoms with Gasteiger partial charge in [0, 0.05) is 19.8 Å². The van der Waals surface area contributed by atoms with E-state index >= 15 is 0 Å². The second-order valence-electron chi connectivity index (χ2n) is 4.16. The molecule has 1 fully saturated rings. The minimum Gasteiger partial charge on any atom is -0.382 e. The molecule has 1 aliphatic heterocycles. The van der Waals surface area contributed by atoms with Crippen LogP contribution in [0.5, 0.6) is 0 Å². The molecular weight excluding hydrogens is 220 g/mol. The van der Waals surface area contributed by atoms with Crippen molar-refractivity contribution in [1.29, 1.82) is 0 Å². The predicted molar refractivity (Wildman–Crippen MR) is 66.0 cm³/mol. The number of carbonyl (C=O) groups is 1. The minimum atomic E-state index is -0.0277. The van der Waals surface area contributed by atoms with Gasteiger partial charge < -0.3 is 20.1 Å². The molecule has 0 saturated carbocycles. The largest absolute Gasteiger partial charge is 0.382 e. The SMILES string of the molecule is CCOCCCNC(=O)COC1CCNCC1. The molecule has 17 heavy (non-hydrogen) atoms. The highest BCUT2D eigenvalue weighted by Gasteiger charge is 2.14. The molecule has 1 heterocycles. The number of amides is 1. The first-order chi connectivity index (χ1) is 8.33. The van der Waals surface area contributed by atoms with Gasteiger partial charge in [0.15, 0.2) is 0 Å². The number of carbonyl (C=O) groups excluding carboxylic acids is 1. The second-order valence-corrected chi connectivity index (χ2v) is 4.16. The maximum Gasteiger partial charge on any atom is 0.246 e. The van der Waals surface area contributed by atoms with Gasteiger partial charge in [-0.3, -0.25) is 4.79 Å². The van der Waals surface area contributed by atoms with E-state index in [0.29, 0.717) is 13.2 Å². The zero-order valence-corrected chi connectivity index (χ0v) is 10.7. The molecule has 2 N–H and O–H groups in total. The smallest absolute Gasteiger partial charge is 0.246 e. The van der Waals surface area contributed by atoms with Crippen LogP contribution in [-0.2, 0) is 14.3 Å². The van der Waals surface area contributed by atoms with Crippen LogP contribution < -0.4 is 10.6 Å². The van der Waals surface area contributed by atoms with Gasteiger partial charge in [0.25, 0.3) is 0 Å². The predicted octanol–water partition coefficient (Wildman–Crippen LogP) is 0.298. The standard InChI is InChI=1S/C12H24N2O3/c1-2-16-9-3-6-14-12(15)10-17-11-4-7-13-8-5-11/h11,13H,2-10H2,1H3,(H,14,15). The van der Waals surface area contributed by atoms with Gasteiger partial charge in [-0.15, -0.1) is 0 Å². The van der Waals surface area contributed by atoms with E-state index in [1.54, 1.807) is 0 Å². The number of rotatable bonds is 8. The summed E-state index contributed by atoms with van der Waals surface area (Å²) in [6, 6.07) is 0. The summed E-state index contributed by atoms with van der Waals surface area (Å²) in [6.07, 6.45) is 3.09. The van der Waals surface area contributed by atoms with Crippen LogP contribution in [0.25, 0.3) is 0 Å². The lowest BCUT2D eigenvalue weighted by molar-refractivity contribution is -0.128. The van der Waals surface area contributed by atoms with Gasteiger partial charge >= 0.3 is 0 Å². The summed E-state index contributed by atoms with van der Waals surface area (Å²) in [5.41, 5.74) is 0. The Morgan fingerprint density at radius 2 is 2.18 bits per heavy atom. The normalized spacial score (nSPS) is 17.0. The minimum absolute atomic E-state index is 0.0277. The molecule has 0 spiro atoms. The van der Waals surface area contributed by atoms with Crippen molar-refractivity contribution in [2.45, 2.75) is 32.3 Å². The number of hydrogen-bond donors (Lipinski definition) is 2. The number of nitrogens with one attached hydrogen (secondary N) is 2. The average Bonchev–Trinajstić information content (AvgIpc) is 2.37. The van der Waals surface area contributed by atoms with Gasteiger partial charge in [-0.1, -0.05) is 0 Å². The average molecular weight is 244 g/mol. The maximum atomic E-state index is 11.4. The van der Waals surface area contributed by atoms with Crippen molar-refractivity contribution >= 4 is 5.91 Å². The summed E-state index contributed by atoms with van der Waals surface area (Å²) in [6.45, 7) is 6.21. The van der Waals surface area contributed by atoms with E-state index in [9.17, 15) is 4.79 Å². The fourth-order valence-electron chi connectivity index (χ4n) is 1.75. The summed E-state index contributed by atoms with van der Waals surface area (Å²) in [5.74, 6) is -0.0277. The van der Waals surface area contributed by atoms with Crippen LogP contribution in [0.2, 0.25) is 0 Å². The second kappa shape index (κ2) is 9.39. The van der Waals surface area contributed by atoms with Crippen molar-refractivity contribution in [2.24, 2.45) is 0 Å². The van der Waals surface area contributed by atoms with E-state index < -0.39 is 0 Å². The monoisotopic (exact) mass is 244 g/mol. The first-order valence-corrected chi connectivity index (χ1v) is 6.49. The molecule has 0 unspecified atom stereocenters. The summed E-state index contributed by atoms with van der Waals surface area (Å²) in [5, 5.41) is 6.08. The molecular formula is C12H24N2O3. The molecule has 0 aromatic carbocycles. The van der Waals surface area contributed by atoms with E-state index in [2.05, 4.69) is 10.6 Å². The molecule has 0 aliphatic carbocycles. The number of ether oxygens (including phenoxy) is 2. The summed E-state index contributed by atoms with van der Waals surface area (Å²) >= 11 is 0. The van der Waals surface area contributed by atoms with Crippen LogP contribution in [0, 0.1) is 0 Å². The molecule has 100 valence electrons. The van der Waals surface area contributed by atoms with Gasteiger partial charge in [0.2, 0.25) is 5.91 Å². The van der Waals surface area contributed by atoms with E-state index in [1.165, 1.54) is 0 Å². The molecule has 0 atom stereocenters. The Labute approximate surface area is 103 Å². The molecule has 5 heteroatoms. The molecule has 0 aromatic heterocycles. The first kappa shape index (κ1) is 14.4. The lowest BCUT2D eigenvalue weighted by atomic mass is 10.1. The lowest BCUT2D eigenvalue weighted by Gasteiger charge is -2.22. The van der Waals surface area contributed by atoms with E-state index in [-0.39, 0.29) is 18.6 Å². The van der Waals surface area contributed by atoms with Crippen LogP contribution >= 0.6 is 0 Å². The van der Waals surface area contributed by atoms with Gasteiger partial charge in [-0.25, -0.2) is 0 Å². The third kappa shape index (κ3) is 7.31. The first-order valence-electron chi connectivity index (χ1n) is 6.49. The molecule has 0 aromatic rings. The molecule has 0 bridgehead atoms. The number of hydrogen-bond acceptors (Lipinski definition) is 4. The van der Waals surface area contributed by atoms with Crippen LogP contribution in [0.15, 0.2) is 0 Å². The van der Waals surface area contributed by atoms with Crippen molar-refractivity contribution < 1.29 is 14.3 Å². The third-order valence-electron chi connectivity index (χ3n) is 2.73. The zero-order chi connectivity index (χ0) is 12.3. The van der Waals surface area contributed by atoms with Crippen molar-refractivity contribution in [2.75, 3.05) is 39.5 Å². The molecule has 1 aliphatic rings. The van der Waals surface area contributed by atoms with Crippen LogP contribution in [0.3, 0.4) is 0 Å². The quantitative estimate of drug-likeness (QED) is 0.603. The Morgan fingerprint density at radius 1 is 1.41 bits per heavy atom. The topological polar surface area (TPSA) is 59.6 Å². The molecule has 1 amide bonds. The van der Waals surface area contributed by atoms with Gasteiger partial charge in [-0.2, -0.15) is 0 Å². The lowest BCUT2D eigenvalue weighted by Crippen LogP contribution is -2.36. The van der Waals surface area contributed by atoms with Crippen molar-refractivity contribution in [3.63, 3.8) is 0 Å². The van der Waals surface area contributed by atoms with Crippen LogP contribution in [0.4, 0.5) is 0 Å². The van der Waals surface area contributed by atoms with Gasteiger partial charge in [0.1, 0.15) is 6.61 Å². The Bertz CT molecular complexity index is 206. The summed E-state index contributed by atoms with van der Waals surface area (Å²) in [7, 11) is 0. The number of piperidine rings is 1. The highest BCUT2D eigenvalue weighted by Crippen LogP contribution is 2.06. The molecule has 1 rings (SSSR count). The van der Waals surface area contributed by atoms with E-state index in [4.69, 9.17) is 9.47 Å². The zero-order valence-electron chi connectivity index (χ0n) is 10.7. The van der Waals surface area contributed by atoms with Crippen molar-refractivity contribution in [3.05, 3.63) is 0 Å². The van der Waals surface area contributed by atoms with Crippen molar-refractivity contribution in [3.8, 4) is 0 Å². The highest BCUT2D eigenvalue weighted by atomic mass is 16.5. The van der Waals surface area contributed by atoms with Gasteiger partial charge in [-0.05, 0) is 39.3 Å². The third-order valence-corrected chi connectivity index (χ3v) is 2.73. The maximum absolute atomic E-state index is 11.4. The highest BCUT2D eigenvalue weighted by molar-refractivity contribution is 5.77. The fraction of sp³-hybridized carbons (Fsp3) is 0.917. The van der Waals surface area contributed by atoms with Gasteiger partial charge in [0.05, 0.1) is 6.10 Å². The summed E-state index contributed by atoms with van der Waals surface area (Å²) < 4.78 is 10.7. The molecule has 0 radical (unpaired) electrons. The molecule has 1 saturated heterocycles. The van der Waals surface area contributed by atoms with Crippen LogP contribution in [-0.4, -0.2) is 51.5 Å². The summed E-state index contributed by atoms with van der Waals surface area (Å²) in [4.78, 5) is 11.4. The van der Waals surface area contributed by atoms with E-state index in [1.807, 2.05) is 6.92 Å². The van der Waals surface area contributed by atoms with E-state index in [0.717, 1.165) is 39.0 Å². The Hall–Kier alpha value is -0.650. The van der Waals surface area contributed by atoms with Crippen molar-refractivity contribution in [1.82, 2.24) is 10.6 Å². The molecule has 5 nitrogen and oxygen atoms in total. The van der Waals surface area contributed by atoms with Crippen LogP contribution in [0.1, 0.15) is 26.2 Å². The Morgan fingerprint density at radius 3 is 2.88 bits per heavy atom. The Kier molecular flexibility index (Phi) is 7.96. The Balaban J connectivity index is 1.93. The fourth-order valence-corrected chi connectivity index (χ4v) is 1.75.